The number of aromatic nitrogens is 2. The Bertz CT molecular complexity index is 569. The molecule has 0 saturated heterocycles. The first kappa shape index (κ1) is 16.6. The molecule has 2 aromatic rings. The van der Waals surface area contributed by atoms with Crippen LogP contribution in [0.4, 0.5) is 0 Å². The van der Waals surface area contributed by atoms with Gasteiger partial charge in [0.1, 0.15) is 5.82 Å². The van der Waals surface area contributed by atoms with Crippen molar-refractivity contribution in [2.75, 3.05) is 19.1 Å². The number of hydrogen-bond donors (Lipinski definition) is 0. The lowest BCUT2D eigenvalue weighted by Gasteiger charge is -2.09. The molecule has 0 aliphatic rings. The van der Waals surface area contributed by atoms with E-state index in [0.717, 1.165) is 60.9 Å². The van der Waals surface area contributed by atoms with E-state index in [-0.39, 0.29) is 0 Å². The quantitative estimate of drug-likeness (QED) is 0.493. The molecule has 1 heterocycles. The lowest BCUT2D eigenvalue weighted by molar-refractivity contribution is 0.126. The summed E-state index contributed by atoms with van der Waals surface area (Å²) in [4.78, 5) is 4.65. The van der Waals surface area contributed by atoms with E-state index in [1.165, 1.54) is 6.42 Å². The number of aryl methyl sites for hydroxylation is 2. The largest absolute Gasteiger partial charge is 0.381 e. The minimum absolute atomic E-state index is 0.573. The highest BCUT2D eigenvalue weighted by Gasteiger charge is 2.10. The topological polar surface area (TPSA) is 27.1 Å². The Hall–Kier alpha value is -0.770. The predicted octanol–water partition coefficient (Wildman–Crippen LogP) is 4.68. The first-order valence-electron chi connectivity index (χ1n) is 7.54. The minimum Gasteiger partial charge on any atom is -0.381 e. The molecule has 2 rings (SSSR count). The van der Waals surface area contributed by atoms with E-state index in [9.17, 15) is 0 Å². The van der Waals surface area contributed by atoms with Gasteiger partial charge in [-0.05, 0) is 31.0 Å². The molecule has 0 N–H and O–H groups in total. The van der Waals surface area contributed by atoms with Crippen molar-refractivity contribution in [3.63, 3.8) is 0 Å². The molecule has 1 aromatic carbocycles. The fourth-order valence-electron chi connectivity index (χ4n) is 2.34. The molecule has 1 aromatic heterocycles. The molecule has 0 saturated carbocycles. The maximum absolute atomic E-state index is 6.10. The van der Waals surface area contributed by atoms with Gasteiger partial charge in [-0.25, -0.2) is 4.98 Å². The Kier molecular flexibility index (Phi) is 6.81. The van der Waals surface area contributed by atoms with Crippen molar-refractivity contribution in [2.45, 2.75) is 39.2 Å². The number of halogens is 2. The van der Waals surface area contributed by atoms with Crippen LogP contribution in [0.2, 0.25) is 5.02 Å². The number of benzene rings is 1. The number of imidazole rings is 1. The van der Waals surface area contributed by atoms with Gasteiger partial charge in [0.2, 0.25) is 0 Å². The van der Waals surface area contributed by atoms with E-state index < -0.39 is 0 Å². The molecule has 0 aliphatic carbocycles. The normalized spacial score (nSPS) is 11.4. The van der Waals surface area contributed by atoms with E-state index >= 15 is 0 Å². The van der Waals surface area contributed by atoms with Crippen molar-refractivity contribution in [3.05, 3.63) is 29.0 Å². The highest BCUT2D eigenvalue weighted by atomic mass is 35.5. The van der Waals surface area contributed by atoms with E-state index in [2.05, 4.69) is 16.5 Å². The maximum atomic E-state index is 6.10. The van der Waals surface area contributed by atoms with Crippen LogP contribution in [0.5, 0.6) is 0 Å². The van der Waals surface area contributed by atoms with Gasteiger partial charge in [-0.2, -0.15) is 0 Å². The van der Waals surface area contributed by atoms with Gasteiger partial charge in [0.15, 0.2) is 0 Å². The van der Waals surface area contributed by atoms with Gasteiger partial charge in [0.25, 0.3) is 0 Å². The van der Waals surface area contributed by atoms with Gasteiger partial charge < -0.3 is 9.30 Å². The summed E-state index contributed by atoms with van der Waals surface area (Å²) < 4.78 is 7.84. The van der Waals surface area contributed by atoms with E-state index in [0.29, 0.717) is 5.88 Å². The minimum atomic E-state index is 0.573. The van der Waals surface area contributed by atoms with Crippen molar-refractivity contribution in [1.29, 1.82) is 0 Å². The van der Waals surface area contributed by atoms with Crippen LogP contribution in [0.3, 0.4) is 0 Å². The van der Waals surface area contributed by atoms with Gasteiger partial charge >= 0.3 is 0 Å². The highest BCUT2D eigenvalue weighted by molar-refractivity contribution is 6.31. The van der Waals surface area contributed by atoms with Crippen LogP contribution < -0.4 is 0 Å². The third-order valence-corrected chi connectivity index (χ3v) is 3.84. The van der Waals surface area contributed by atoms with E-state index in [1.54, 1.807) is 0 Å². The fraction of sp³-hybridized carbons (Fsp3) is 0.562. The molecule has 0 bridgehead atoms. The lowest BCUT2D eigenvalue weighted by Crippen LogP contribution is -2.07. The van der Waals surface area contributed by atoms with Gasteiger partial charge in [-0.15, -0.1) is 11.6 Å². The van der Waals surface area contributed by atoms with Crippen LogP contribution in [0.15, 0.2) is 18.2 Å². The van der Waals surface area contributed by atoms with Crippen LogP contribution in [0, 0.1) is 0 Å². The van der Waals surface area contributed by atoms with E-state index in [1.807, 2.05) is 18.2 Å². The zero-order valence-electron chi connectivity index (χ0n) is 12.4. The molecule has 0 fully saturated rings. The second kappa shape index (κ2) is 8.62. The van der Waals surface area contributed by atoms with Crippen molar-refractivity contribution >= 4 is 34.2 Å². The van der Waals surface area contributed by atoms with E-state index in [4.69, 9.17) is 27.9 Å². The summed E-state index contributed by atoms with van der Waals surface area (Å²) in [6.45, 7) is 4.68. The third kappa shape index (κ3) is 4.60. The monoisotopic (exact) mass is 328 g/mol. The Morgan fingerprint density at radius 1 is 1.24 bits per heavy atom. The van der Waals surface area contributed by atoms with Crippen LogP contribution in [-0.4, -0.2) is 28.6 Å². The number of hydrogen-bond acceptors (Lipinski definition) is 2. The first-order chi connectivity index (χ1) is 10.3. The van der Waals surface area contributed by atoms with Gasteiger partial charge in [-0.1, -0.05) is 24.9 Å². The molecule has 3 nitrogen and oxygen atoms in total. The number of ether oxygens (including phenoxy) is 1. The van der Waals surface area contributed by atoms with Crippen LogP contribution in [0.25, 0.3) is 11.0 Å². The molecule has 0 radical (unpaired) electrons. The zero-order chi connectivity index (χ0) is 15.1. The van der Waals surface area contributed by atoms with Gasteiger partial charge in [-0.3, -0.25) is 0 Å². The van der Waals surface area contributed by atoms with Crippen molar-refractivity contribution in [1.82, 2.24) is 9.55 Å². The summed E-state index contributed by atoms with van der Waals surface area (Å²) in [6.07, 6.45) is 4.03. The van der Waals surface area contributed by atoms with Crippen LogP contribution in [-0.2, 0) is 17.7 Å². The van der Waals surface area contributed by atoms with Crippen molar-refractivity contribution < 1.29 is 4.74 Å². The number of nitrogens with zero attached hydrogens (tertiary/aromatic N) is 2. The molecule has 0 amide bonds. The summed E-state index contributed by atoms with van der Waals surface area (Å²) in [7, 11) is 0. The number of rotatable bonds is 9. The highest BCUT2D eigenvalue weighted by Crippen LogP contribution is 2.21. The number of alkyl halides is 1. The standard InChI is InChI=1S/C16H22Cl2N2O/c1-2-3-10-21-11-4-9-20-15-12-13(18)5-6-14(15)19-16(20)7-8-17/h5-6,12H,2-4,7-11H2,1H3. The molecule has 0 atom stereocenters. The smallest absolute Gasteiger partial charge is 0.111 e. The number of fused-ring (bicyclic) bond motifs is 1. The van der Waals surface area contributed by atoms with Crippen LogP contribution in [0.1, 0.15) is 32.0 Å². The average Bonchev–Trinajstić information content (AvgIpc) is 2.80. The maximum Gasteiger partial charge on any atom is 0.111 e. The summed E-state index contributed by atoms with van der Waals surface area (Å²) >= 11 is 12.0. The summed E-state index contributed by atoms with van der Waals surface area (Å²) in [5.41, 5.74) is 2.06. The first-order valence-corrected chi connectivity index (χ1v) is 8.46. The third-order valence-electron chi connectivity index (χ3n) is 3.42. The van der Waals surface area contributed by atoms with Crippen molar-refractivity contribution in [3.8, 4) is 0 Å². The molecule has 21 heavy (non-hydrogen) atoms. The average molecular weight is 329 g/mol. The molecule has 116 valence electrons. The summed E-state index contributed by atoms with van der Waals surface area (Å²) in [6, 6.07) is 5.81. The summed E-state index contributed by atoms with van der Waals surface area (Å²) in [5.74, 6) is 1.60. The SMILES string of the molecule is CCCCOCCCn1c(CCCl)nc2ccc(Cl)cc21. The number of unbranched alkanes of at least 4 members (excludes halogenated alkanes) is 1. The predicted molar refractivity (Wildman–Crippen MR) is 89.5 cm³/mol. The molecular weight excluding hydrogens is 307 g/mol. The van der Waals surface area contributed by atoms with Gasteiger partial charge in [0, 0.05) is 37.1 Å². The molecule has 0 unspecified atom stereocenters. The van der Waals surface area contributed by atoms with Crippen LogP contribution >= 0.6 is 23.2 Å². The Balaban J connectivity index is 2.05. The molecular formula is C16H22Cl2N2O. The van der Waals surface area contributed by atoms with Gasteiger partial charge in [0.05, 0.1) is 11.0 Å². The van der Waals surface area contributed by atoms with Crippen molar-refractivity contribution in [2.24, 2.45) is 0 Å². The molecule has 0 spiro atoms. The Morgan fingerprint density at radius 3 is 2.81 bits per heavy atom. The second-order valence-corrected chi connectivity index (χ2v) is 5.89. The summed E-state index contributed by atoms with van der Waals surface area (Å²) in [5, 5.41) is 0.736. The fourth-order valence-corrected chi connectivity index (χ4v) is 2.68. The Labute approximate surface area is 136 Å². The zero-order valence-corrected chi connectivity index (χ0v) is 14.0. The molecule has 0 aliphatic heterocycles. The molecule has 5 heteroatoms. The second-order valence-electron chi connectivity index (χ2n) is 5.07. The Morgan fingerprint density at radius 2 is 2.05 bits per heavy atom. The lowest BCUT2D eigenvalue weighted by atomic mass is 10.3.